The first-order valence-corrected chi connectivity index (χ1v) is 12.6. The van der Waals surface area contributed by atoms with Gasteiger partial charge in [-0.3, -0.25) is 13.2 Å². The van der Waals surface area contributed by atoms with Crippen molar-refractivity contribution >= 4 is 16.4 Å². The average molecular weight is 435 g/mol. The van der Waals surface area contributed by atoms with Crippen LogP contribution in [0.5, 0.6) is 0 Å². The summed E-state index contributed by atoms with van der Waals surface area (Å²) < 4.78 is 39.2. The lowest BCUT2D eigenvalue weighted by Crippen LogP contribution is -2.05. The van der Waals surface area contributed by atoms with Crippen molar-refractivity contribution in [2.45, 2.75) is 117 Å². The highest BCUT2D eigenvalue weighted by atomic mass is 32.3. The molecule has 174 valence electrons. The molecule has 0 unspecified atom stereocenters. The van der Waals surface area contributed by atoms with E-state index in [0.717, 1.165) is 25.7 Å². The Balaban J connectivity index is 0. The number of hydrogen-bond acceptors (Lipinski definition) is 6. The molecule has 6 nitrogen and oxygen atoms in total. The van der Waals surface area contributed by atoms with Crippen LogP contribution in [-0.2, 0) is 19.9 Å². The van der Waals surface area contributed by atoms with Crippen molar-refractivity contribution in [3.05, 3.63) is 12.2 Å². The van der Waals surface area contributed by atoms with Gasteiger partial charge in [0.25, 0.3) is 0 Å². The Bertz CT molecular complexity index is 466. The molecule has 0 radical (unpaired) electrons. The molecule has 0 fully saturated rings. The maximum atomic E-state index is 11.4. The number of allylic oxidation sites excluding steroid dienone is 2. The second-order valence-corrected chi connectivity index (χ2v) is 8.13. The van der Waals surface area contributed by atoms with E-state index in [4.69, 9.17) is 22.3 Å². The Hall–Kier alpha value is -0.920. The summed E-state index contributed by atoms with van der Waals surface area (Å²) in [4.78, 5) is 11.4. The fourth-order valence-corrected chi connectivity index (χ4v) is 2.74. The minimum absolute atomic E-state index is 0.0129. The molecule has 0 rings (SSSR count). The molecule has 0 heterocycles. The molecule has 0 aliphatic carbocycles. The highest BCUT2D eigenvalue weighted by Crippen LogP contribution is 2.10. The summed E-state index contributed by atoms with van der Waals surface area (Å²) in [5.74, 6) is -0.0129. The van der Waals surface area contributed by atoms with Crippen molar-refractivity contribution in [1.29, 1.82) is 0 Å². The summed E-state index contributed by atoms with van der Waals surface area (Å²) in [6.45, 7) is 4.98. The molecule has 0 amide bonds. The van der Waals surface area contributed by atoms with Crippen LogP contribution < -0.4 is 0 Å². The molecule has 7 heteroatoms. The third-order valence-corrected chi connectivity index (χ3v) is 4.40. The van der Waals surface area contributed by atoms with Crippen molar-refractivity contribution in [2.24, 2.45) is 0 Å². The molecule has 0 N–H and O–H groups in total. The Labute approximate surface area is 179 Å². The number of esters is 1. The zero-order valence-corrected chi connectivity index (χ0v) is 19.3. The molecule has 0 saturated heterocycles. The molecule has 0 spiro atoms. The van der Waals surface area contributed by atoms with E-state index in [0.29, 0.717) is 13.0 Å². The molecule has 0 aliphatic rings. The summed E-state index contributed by atoms with van der Waals surface area (Å²) in [7, 11) is -5.17. The first kappa shape index (κ1) is 30.3. The van der Waals surface area contributed by atoms with Crippen molar-refractivity contribution in [3.63, 3.8) is 0 Å². The SMILES string of the molecule is CCCCCCCC/C=C\CCCCCCCC(=O)OCCCC.O=S(=O)([O-])[O-]. The van der Waals surface area contributed by atoms with Crippen LogP contribution in [0.1, 0.15) is 117 Å². The standard InChI is InChI=1S/C22H42O2.H2O4S/c1-3-5-7-8-9-10-11-12-13-14-15-16-17-18-19-20-22(23)24-21-6-4-2;1-5(2,3)4/h12-13H,3-11,14-21H2,1-2H3;(H2,1,2,3,4)/p-2/b13-12-;. The van der Waals surface area contributed by atoms with E-state index < -0.39 is 10.4 Å². The van der Waals surface area contributed by atoms with E-state index in [1.165, 1.54) is 70.6 Å². The van der Waals surface area contributed by atoms with Crippen LogP contribution in [0, 0.1) is 0 Å². The minimum Gasteiger partial charge on any atom is -0.759 e. The highest BCUT2D eigenvalue weighted by Gasteiger charge is 2.01. The predicted octanol–water partition coefficient (Wildman–Crippen LogP) is 6.03. The molecule has 0 atom stereocenters. The summed E-state index contributed by atoms with van der Waals surface area (Å²) >= 11 is 0. The Morgan fingerprint density at radius 1 is 0.724 bits per heavy atom. The largest absolute Gasteiger partial charge is 0.759 e. The van der Waals surface area contributed by atoms with E-state index in [2.05, 4.69) is 26.0 Å². The number of ether oxygens (including phenoxy) is 1. The molecule has 0 saturated carbocycles. The lowest BCUT2D eigenvalue weighted by molar-refractivity contribution is -0.143. The van der Waals surface area contributed by atoms with E-state index in [9.17, 15) is 4.79 Å². The first-order chi connectivity index (χ1) is 13.8. The highest BCUT2D eigenvalue weighted by molar-refractivity contribution is 7.79. The third kappa shape index (κ3) is 38.3. The van der Waals surface area contributed by atoms with Crippen LogP contribution in [0.25, 0.3) is 0 Å². The molecule has 0 bridgehead atoms. The molecule has 0 aromatic carbocycles. The van der Waals surface area contributed by atoms with Crippen LogP contribution in [0.2, 0.25) is 0 Å². The lowest BCUT2D eigenvalue weighted by atomic mass is 10.1. The minimum atomic E-state index is -5.17. The van der Waals surface area contributed by atoms with Gasteiger partial charge in [-0.25, -0.2) is 0 Å². The van der Waals surface area contributed by atoms with Gasteiger partial charge in [-0.05, 0) is 38.5 Å². The normalized spacial score (nSPS) is 11.3. The van der Waals surface area contributed by atoms with E-state index in [1.807, 2.05) is 0 Å². The topological polar surface area (TPSA) is 107 Å². The van der Waals surface area contributed by atoms with Crippen molar-refractivity contribution in [1.82, 2.24) is 0 Å². The van der Waals surface area contributed by atoms with Gasteiger partial charge in [-0.1, -0.05) is 83.8 Å². The van der Waals surface area contributed by atoms with E-state index >= 15 is 0 Å². The third-order valence-electron chi connectivity index (χ3n) is 4.40. The fourth-order valence-electron chi connectivity index (χ4n) is 2.74. The van der Waals surface area contributed by atoms with Crippen molar-refractivity contribution in [3.8, 4) is 0 Å². The monoisotopic (exact) mass is 434 g/mol. The number of hydrogen-bond donors (Lipinski definition) is 0. The van der Waals surface area contributed by atoms with Gasteiger partial charge in [0, 0.05) is 16.8 Å². The van der Waals surface area contributed by atoms with Crippen LogP contribution in [0.3, 0.4) is 0 Å². The second kappa shape index (κ2) is 23.4. The summed E-state index contributed by atoms with van der Waals surface area (Å²) in [5.41, 5.74) is 0. The molecule has 0 aromatic heterocycles. The summed E-state index contributed by atoms with van der Waals surface area (Å²) in [6.07, 6.45) is 24.1. The predicted molar refractivity (Wildman–Crippen MR) is 116 cm³/mol. The van der Waals surface area contributed by atoms with E-state index in [-0.39, 0.29) is 5.97 Å². The van der Waals surface area contributed by atoms with Gasteiger partial charge in [0.1, 0.15) is 0 Å². The Morgan fingerprint density at radius 3 is 1.62 bits per heavy atom. The van der Waals surface area contributed by atoms with Crippen LogP contribution in [0.15, 0.2) is 12.2 Å². The summed E-state index contributed by atoms with van der Waals surface area (Å²) in [5, 5.41) is 0. The fraction of sp³-hybridized carbons (Fsp3) is 0.864. The quantitative estimate of drug-likeness (QED) is 0.0857. The summed E-state index contributed by atoms with van der Waals surface area (Å²) in [6, 6.07) is 0. The van der Waals surface area contributed by atoms with Gasteiger partial charge in [-0.2, -0.15) is 0 Å². The maximum absolute atomic E-state index is 11.4. The smallest absolute Gasteiger partial charge is 0.305 e. The van der Waals surface area contributed by atoms with Gasteiger partial charge < -0.3 is 13.8 Å². The van der Waals surface area contributed by atoms with E-state index in [1.54, 1.807) is 0 Å². The average Bonchev–Trinajstić information content (AvgIpc) is 2.64. The zero-order chi connectivity index (χ0) is 22.2. The molecular weight excluding hydrogens is 392 g/mol. The van der Waals surface area contributed by atoms with Gasteiger partial charge >= 0.3 is 5.97 Å². The zero-order valence-electron chi connectivity index (χ0n) is 18.5. The molecule has 0 aliphatic heterocycles. The molecule has 0 aromatic rings. The number of rotatable bonds is 18. The van der Waals surface area contributed by atoms with Crippen LogP contribution >= 0.6 is 0 Å². The Morgan fingerprint density at radius 2 is 1.14 bits per heavy atom. The molecular formula is C22H42O6S-2. The van der Waals surface area contributed by atoms with Crippen LogP contribution in [-0.4, -0.2) is 30.1 Å². The number of carbonyl (C=O) groups is 1. The van der Waals surface area contributed by atoms with Gasteiger partial charge in [0.15, 0.2) is 0 Å². The number of unbranched alkanes of at least 4 members (excludes halogenated alkanes) is 12. The molecule has 29 heavy (non-hydrogen) atoms. The lowest BCUT2D eigenvalue weighted by Gasteiger charge is -2.06. The maximum Gasteiger partial charge on any atom is 0.305 e. The van der Waals surface area contributed by atoms with Gasteiger partial charge in [-0.15, -0.1) is 0 Å². The van der Waals surface area contributed by atoms with Crippen LogP contribution in [0.4, 0.5) is 0 Å². The second-order valence-electron chi connectivity index (χ2n) is 7.32. The van der Waals surface area contributed by atoms with Crippen molar-refractivity contribution < 1.29 is 27.1 Å². The first-order valence-electron chi connectivity index (χ1n) is 11.3. The Kier molecular flexibility index (Phi) is 24.4. The van der Waals surface area contributed by atoms with Crippen molar-refractivity contribution in [2.75, 3.05) is 6.61 Å². The number of carbonyl (C=O) groups excluding carboxylic acids is 1. The van der Waals surface area contributed by atoms with Gasteiger partial charge in [0.05, 0.1) is 6.61 Å². The van der Waals surface area contributed by atoms with Gasteiger partial charge in [0.2, 0.25) is 0 Å².